The summed E-state index contributed by atoms with van der Waals surface area (Å²) in [4.78, 5) is 34.7. The topological polar surface area (TPSA) is 97.6 Å². The molecule has 0 aliphatic heterocycles. The first kappa shape index (κ1) is 17.7. The van der Waals surface area contributed by atoms with Crippen molar-refractivity contribution in [2.24, 2.45) is 0 Å². The lowest BCUT2D eigenvalue weighted by atomic mass is 10.2. The van der Waals surface area contributed by atoms with Crippen molar-refractivity contribution in [3.63, 3.8) is 0 Å². The van der Waals surface area contributed by atoms with Crippen LogP contribution in [0.15, 0.2) is 45.5 Å². The van der Waals surface area contributed by atoms with Gasteiger partial charge in [0.05, 0.1) is 18.4 Å². The average molecular weight is 399 g/mol. The van der Waals surface area contributed by atoms with E-state index in [1.165, 1.54) is 18.4 Å². The van der Waals surface area contributed by atoms with Gasteiger partial charge in [0.2, 0.25) is 0 Å². The zero-order valence-corrected chi connectivity index (χ0v) is 13.8. The fraction of sp³-hybridized carbons (Fsp3) is 0.133. The first-order valence-electron chi connectivity index (χ1n) is 6.68. The van der Waals surface area contributed by atoms with Crippen LogP contribution in [0.2, 0.25) is 0 Å². The smallest absolute Gasteiger partial charge is 0.341 e. The maximum absolute atomic E-state index is 13.5. The van der Waals surface area contributed by atoms with E-state index in [1.807, 2.05) is 5.32 Å². The minimum absolute atomic E-state index is 0.0924. The Balaban J connectivity index is 1.77. The predicted octanol–water partition coefficient (Wildman–Crippen LogP) is 2.36. The maximum Gasteiger partial charge on any atom is 0.341 e. The highest BCUT2D eigenvalue weighted by Crippen LogP contribution is 2.16. The van der Waals surface area contributed by atoms with Crippen LogP contribution in [0.3, 0.4) is 0 Å². The molecule has 2 aromatic rings. The summed E-state index contributed by atoms with van der Waals surface area (Å²) >= 11 is 3.10. The third-order valence-electron chi connectivity index (χ3n) is 2.74. The number of halogens is 2. The molecule has 3 amide bonds. The van der Waals surface area contributed by atoms with Gasteiger partial charge in [0.25, 0.3) is 5.91 Å². The van der Waals surface area contributed by atoms with Crippen LogP contribution in [0.4, 0.5) is 9.18 Å². The molecule has 1 aromatic carbocycles. The second-order valence-corrected chi connectivity index (χ2v) is 5.43. The van der Waals surface area contributed by atoms with Gasteiger partial charge in [-0.2, -0.15) is 0 Å². The number of urea groups is 1. The largest absolute Gasteiger partial charge is 0.467 e. The monoisotopic (exact) mass is 398 g/mol. The van der Waals surface area contributed by atoms with Gasteiger partial charge in [0.15, 0.2) is 6.61 Å². The third kappa shape index (κ3) is 5.20. The van der Waals surface area contributed by atoms with Gasteiger partial charge in [-0.15, -0.1) is 0 Å². The summed E-state index contributed by atoms with van der Waals surface area (Å²) in [6.07, 6.45) is 1.45. The van der Waals surface area contributed by atoms with E-state index in [0.717, 1.165) is 6.07 Å². The second kappa shape index (κ2) is 8.25. The standard InChI is InChI=1S/C15H12BrFN2O5/c16-9-3-4-12(17)11(6-9)14(21)24-8-13(20)19-15(22)18-7-10-2-1-5-23-10/h1-6H,7-8H2,(H2,18,19,20,22). The van der Waals surface area contributed by atoms with Crippen LogP contribution in [0.1, 0.15) is 16.1 Å². The number of esters is 1. The Labute approximate surface area is 144 Å². The summed E-state index contributed by atoms with van der Waals surface area (Å²) < 4.78 is 23.6. The highest BCUT2D eigenvalue weighted by atomic mass is 79.9. The van der Waals surface area contributed by atoms with Gasteiger partial charge in [-0.1, -0.05) is 15.9 Å². The number of hydrogen-bond acceptors (Lipinski definition) is 5. The molecule has 0 spiro atoms. The van der Waals surface area contributed by atoms with Gasteiger partial charge < -0.3 is 14.5 Å². The van der Waals surface area contributed by atoms with E-state index in [4.69, 9.17) is 4.42 Å². The van der Waals surface area contributed by atoms with Crippen LogP contribution in [-0.2, 0) is 16.1 Å². The molecule has 0 unspecified atom stereocenters. The number of ether oxygens (including phenoxy) is 1. The van der Waals surface area contributed by atoms with Crippen molar-refractivity contribution >= 4 is 33.8 Å². The van der Waals surface area contributed by atoms with E-state index in [9.17, 15) is 18.8 Å². The van der Waals surface area contributed by atoms with Gasteiger partial charge in [-0.25, -0.2) is 14.0 Å². The molecule has 0 atom stereocenters. The summed E-state index contributed by atoms with van der Waals surface area (Å²) in [6, 6.07) is 6.26. The Bertz CT molecular complexity index is 748. The fourth-order valence-corrected chi connectivity index (χ4v) is 2.01. The van der Waals surface area contributed by atoms with E-state index in [-0.39, 0.29) is 12.1 Å². The molecule has 9 heteroatoms. The molecule has 0 radical (unpaired) electrons. The summed E-state index contributed by atoms with van der Waals surface area (Å²) in [6.45, 7) is -0.631. The SMILES string of the molecule is O=C(COC(=O)c1cc(Br)ccc1F)NC(=O)NCc1ccco1. The molecule has 0 aliphatic carbocycles. The summed E-state index contributed by atoms with van der Waals surface area (Å²) in [5.41, 5.74) is -0.320. The van der Waals surface area contributed by atoms with Crippen molar-refractivity contribution in [2.75, 3.05) is 6.61 Å². The normalized spacial score (nSPS) is 10.1. The number of imide groups is 1. The van der Waals surface area contributed by atoms with E-state index in [0.29, 0.717) is 10.2 Å². The molecule has 0 aliphatic rings. The molecule has 0 saturated heterocycles. The second-order valence-electron chi connectivity index (χ2n) is 4.51. The number of amides is 3. The van der Waals surface area contributed by atoms with Crippen molar-refractivity contribution in [2.45, 2.75) is 6.54 Å². The van der Waals surface area contributed by atoms with Crippen LogP contribution in [-0.4, -0.2) is 24.5 Å². The van der Waals surface area contributed by atoms with Crippen molar-refractivity contribution in [1.82, 2.24) is 10.6 Å². The van der Waals surface area contributed by atoms with Crippen molar-refractivity contribution in [3.05, 3.63) is 58.2 Å². The lowest BCUT2D eigenvalue weighted by molar-refractivity contribution is -0.123. The molecule has 7 nitrogen and oxygen atoms in total. The maximum atomic E-state index is 13.5. The number of carbonyl (C=O) groups excluding carboxylic acids is 3. The Morgan fingerprint density at radius 1 is 1.25 bits per heavy atom. The Morgan fingerprint density at radius 3 is 2.75 bits per heavy atom. The summed E-state index contributed by atoms with van der Waals surface area (Å²) in [5.74, 6) is -2.13. The highest BCUT2D eigenvalue weighted by Gasteiger charge is 2.16. The third-order valence-corrected chi connectivity index (χ3v) is 3.23. The number of rotatable bonds is 5. The molecule has 1 aromatic heterocycles. The molecule has 1 heterocycles. The average Bonchev–Trinajstić information content (AvgIpc) is 3.06. The van der Waals surface area contributed by atoms with Gasteiger partial charge in [0.1, 0.15) is 11.6 Å². The van der Waals surface area contributed by atoms with E-state index in [2.05, 4.69) is 26.0 Å². The lowest BCUT2D eigenvalue weighted by Crippen LogP contribution is -2.41. The van der Waals surface area contributed by atoms with Crippen molar-refractivity contribution < 1.29 is 27.9 Å². The Morgan fingerprint density at radius 2 is 2.04 bits per heavy atom. The van der Waals surface area contributed by atoms with Crippen LogP contribution >= 0.6 is 15.9 Å². The van der Waals surface area contributed by atoms with E-state index >= 15 is 0 Å². The predicted molar refractivity (Wildman–Crippen MR) is 83.5 cm³/mol. The lowest BCUT2D eigenvalue weighted by Gasteiger charge is -2.07. The summed E-state index contributed by atoms with van der Waals surface area (Å²) in [5, 5.41) is 4.34. The minimum atomic E-state index is -1.01. The molecule has 2 rings (SSSR count). The number of furan rings is 1. The van der Waals surface area contributed by atoms with Gasteiger partial charge >= 0.3 is 12.0 Å². The quantitative estimate of drug-likeness (QED) is 0.753. The van der Waals surface area contributed by atoms with Gasteiger partial charge in [-0.3, -0.25) is 10.1 Å². The van der Waals surface area contributed by atoms with E-state index < -0.39 is 30.3 Å². The van der Waals surface area contributed by atoms with Crippen LogP contribution in [0, 0.1) is 5.82 Å². The summed E-state index contributed by atoms with van der Waals surface area (Å²) in [7, 11) is 0. The number of hydrogen-bond donors (Lipinski definition) is 2. The molecule has 2 N–H and O–H groups in total. The van der Waals surface area contributed by atoms with Crippen LogP contribution < -0.4 is 10.6 Å². The van der Waals surface area contributed by atoms with E-state index in [1.54, 1.807) is 12.1 Å². The zero-order chi connectivity index (χ0) is 17.5. The highest BCUT2D eigenvalue weighted by molar-refractivity contribution is 9.10. The zero-order valence-electron chi connectivity index (χ0n) is 12.2. The number of carbonyl (C=O) groups is 3. The van der Waals surface area contributed by atoms with Crippen LogP contribution in [0.5, 0.6) is 0 Å². The van der Waals surface area contributed by atoms with Crippen molar-refractivity contribution in [1.29, 1.82) is 0 Å². The molecule has 24 heavy (non-hydrogen) atoms. The van der Waals surface area contributed by atoms with Gasteiger partial charge in [0, 0.05) is 4.47 Å². The Kier molecular flexibility index (Phi) is 6.07. The first-order chi connectivity index (χ1) is 11.5. The molecular weight excluding hydrogens is 387 g/mol. The molecule has 0 saturated carbocycles. The first-order valence-corrected chi connectivity index (χ1v) is 7.47. The van der Waals surface area contributed by atoms with Gasteiger partial charge in [-0.05, 0) is 30.3 Å². The number of benzene rings is 1. The molecule has 0 bridgehead atoms. The molecule has 126 valence electrons. The minimum Gasteiger partial charge on any atom is -0.467 e. The van der Waals surface area contributed by atoms with Crippen LogP contribution in [0.25, 0.3) is 0 Å². The fourth-order valence-electron chi connectivity index (χ4n) is 1.65. The number of nitrogens with one attached hydrogen (secondary N) is 2. The molecular formula is C15H12BrFN2O5. The molecule has 0 fully saturated rings. The van der Waals surface area contributed by atoms with Crippen molar-refractivity contribution in [3.8, 4) is 0 Å². The Hall–Kier alpha value is -2.68.